The van der Waals surface area contributed by atoms with Gasteiger partial charge in [-0.1, -0.05) is 17.7 Å². The summed E-state index contributed by atoms with van der Waals surface area (Å²) in [5, 5.41) is 12.8. The number of rotatable bonds is 4. The maximum atomic E-state index is 10.5. The van der Waals surface area contributed by atoms with E-state index in [1.165, 1.54) is 11.3 Å². The van der Waals surface area contributed by atoms with Gasteiger partial charge in [-0.15, -0.1) is 11.3 Å². The van der Waals surface area contributed by atoms with Crippen LogP contribution in [-0.4, -0.2) is 19.3 Å². The van der Waals surface area contributed by atoms with E-state index in [9.17, 15) is 5.11 Å². The molecule has 3 nitrogen and oxygen atoms in total. The quantitative estimate of drug-likeness (QED) is 0.934. The summed E-state index contributed by atoms with van der Waals surface area (Å²) in [6.45, 7) is 0. The second-order valence-corrected chi connectivity index (χ2v) is 4.97. The summed E-state index contributed by atoms with van der Waals surface area (Å²) in [6.07, 6.45) is -0.858. The third-order valence-electron chi connectivity index (χ3n) is 2.63. The minimum atomic E-state index is -0.858. The number of thiophene rings is 1. The second kappa shape index (κ2) is 5.61. The van der Waals surface area contributed by atoms with Gasteiger partial charge in [-0.2, -0.15) is 0 Å². The van der Waals surface area contributed by atoms with Crippen LogP contribution in [-0.2, 0) is 0 Å². The van der Waals surface area contributed by atoms with E-state index in [0.29, 0.717) is 27.0 Å². The van der Waals surface area contributed by atoms with Gasteiger partial charge in [0.25, 0.3) is 0 Å². The molecule has 1 aromatic carbocycles. The molecule has 1 aromatic heterocycles. The molecule has 0 aliphatic heterocycles. The number of aliphatic hydroxyl groups excluding tert-OH is 1. The number of hydrogen-bond donors (Lipinski definition) is 1. The van der Waals surface area contributed by atoms with Crippen molar-refractivity contribution >= 4 is 22.9 Å². The Kier molecular flexibility index (Phi) is 4.11. The fraction of sp³-hybridized carbons (Fsp3) is 0.231. The van der Waals surface area contributed by atoms with Gasteiger partial charge < -0.3 is 14.6 Å². The molecular weight excluding hydrogens is 272 g/mol. The zero-order valence-corrected chi connectivity index (χ0v) is 11.6. The van der Waals surface area contributed by atoms with Crippen molar-refractivity contribution in [3.8, 4) is 11.5 Å². The maximum absolute atomic E-state index is 10.5. The van der Waals surface area contributed by atoms with Crippen LogP contribution < -0.4 is 9.47 Å². The van der Waals surface area contributed by atoms with Crippen LogP contribution in [0.2, 0.25) is 5.02 Å². The average Bonchev–Trinajstić information content (AvgIpc) is 2.83. The molecule has 18 heavy (non-hydrogen) atoms. The lowest BCUT2D eigenvalue weighted by Gasteiger charge is -2.17. The smallest absolute Gasteiger partial charge is 0.128 e. The fourth-order valence-corrected chi connectivity index (χ4v) is 2.93. The first kappa shape index (κ1) is 13.2. The Morgan fingerprint density at radius 2 is 1.78 bits per heavy atom. The van der Waals surface area contributed by atoms with Gasteiger partial charge in [-0.3, -0.25) is 0 Å². The highest BCUT2D eigenvalue weighted by Crippen LogP contribution is 2.41. The van der Waals surface area contributed by atoms with Gasteiger partial charge in [-0.25, -0.2) is 0 Å². The van der Waals surface area contributed by atoms with Gasteiger partial charge in [0.1, 0.15) is 17.6 Å². The largest absolute Gasteiger partial charge is 0.496 e. The highest BCUT2D eigenvalue weighted by molar-refractivity contribution is 7.10. The van der Waals surface area contributed by atoms with Gasteiger partial charge >= 0.3 is 0 Å². The van der Waals surface area contributed by atoms with Crippen LogP contribution in [0, 0.1) is 0 Å². The van der Waals surface area contributed by atoms with Crippen LogP contribution in [0.3, 0.4) is 0 Å². The summed E-state index contributed by atoms with van der Waals surface area (Å²) >= 11 is 7.44. The molecule has 2 aromatic rings. The Hall–Kier alpha value is -1.23. The Balaban J connectivity index is 2.52. The van der Waals surface area contributed by atoms with Crippen LogP contribution in [0.15, 0.2) is 29.6 Å². The van der Waals surface area contributed by atoms with E-state index in [0.717, 1.165) is 0 Å². The van der Waals surface area contributed by atoms with Crippen molar-refractivity contribution in [2.45, 2.75) is 6.10 Å². The number of hydrogen-bond acceptors (Lipinski definition) is 4. The Morgan fingerprint density at radius 3 is 2.22 bits per heavy atom. The highest BCUT2D eigenvalue weighted by atomic mass is 35.5. The van der Waals surface area contributed by atoms with Crippen molar-refractivity contribution in [1.29, 1.82) is 0 Å². The van der Waals surface area contributed by atoms with Crippen molar-refractivity contribution in [1.82, 2.24) is 0 Å². The zero-order valence-electron chi connectivity index (χ0n) is 10.0. The molecule has 5 heteroatoms. The number of methoxy groups -OCH3 is 2. The SMILES string of the molecule is COc1cccc(OC)c1C(O)c1sccc1Cl. The van der Waals surface area contributed by atoms with Crippen LogP contribution in [0.1, 0.15) is 16.5 Å². The van der Waals surface area contributed by atoms with Crippen molar-refractivity contribution in [2.75, 3.05) is 14.2 Å². The van der Waals surface area contributed by atoms with Gasteiger partial charge in [0.05, 0.1) is 29.7 Å². The van der Waals surface area contributed by atoms with Crippen molar-refractivity contribution in [2.24, 2.45) is 0 Å². The second-order valence-electron chi connectivity index (χ2n) is 3.61. The third kappa shape index (κ3) is 2.32. The molecule has 0 saturated carbocycles. The van der Waals surface area contributed by atoms with E-state index in [2.05, 4.69) is 0 Å². The number of benzene rings is 1. The maximum Gasteiger partial charge on any atom is 0.128 e. The molecule has 96 valence electrons. The molecule has 0 spiro atoms. The van der Waals surface area contributed by atoms with Crippen LogP contribution in [0.4, 0.5) is 0 Å². The first-order valence-electron chi connectivity index (χ1n) is 5.31. The molecule has 1 unspecified atom stereocenters. The van der Waals surface area contributed by atoms with Crippen molar-refractivity contribution < 1.29 is 14.6 Å². The lowest BCUT2D eigenvalue weighted by molar-refractivity contribution is 0.212. The highest BCUT2D eigenvalue weighted by Gasteiger charge is 2.23. The van der Waals surface area contributed by atoms with Crippen molar-refractivity contribution in [3.05, 3.63) is 45.1 Å². The summed E-state index contributed by atoms with van der Waals surface area (Å²) in [4.78, 5) is 0.680. The van der Waals surface area contributed by atoms with Crippen LogP contribution in [0.25, 0.3) is 0 Å². The molecule has 0 amide bonds. The van der Waals surface area contributed by atoms with E-state index in [1.54, 1.807) is 32.4 Å². The van der Waals surface area contributed by atoms with Gasteiger partial charge in [0.2, 0.25) is 0 Å². The first-order chi connectivity index (χ1) is 8.69. The monoisotopic (exact) mass is 284 g/mol. The van der Waals surface area contributed by atoms with E-state index in [4.69, 9.17) is 21.1 Å². The molecule has 0 aliphatic carbocycles. The predicted octanol–water partition coefficient (Wildman–Crippen LogP) is 3.50. The molecule has 0 fully saturated rings. The molecule has 0 radical (unpaired) electrons. The van der Waals surface area contributed by atoms with E-state index in [1.807, 2.05) is 11.4 Å². The van der Waals surface area contributed by atoms with Crippen LogP contribution in [0.5, 0.6) is 11.5 Å². The predicted molar refractivity (Wildman–Crippen MR) is 72.9 cm³/mol. The summed E-state index contributed by atoms with van der Waals surface area (Å²) < 4.78 is 10.5. The molecule has 0 aliphatic rings. The summed E-state index contributed by atoms with van der Waals surface area (Å²) in [7, 11) is 3.11. The fourth-order valence-electron chi connectivity index (χ4n) is 1.78. The summed E-state index contributed by atoms with van der Waals surface area (Å²) in [5.74, 6) is 1.15. The summed E-state index contributed by atoms with van der Waals surface area (Å²) in [5.41, 5.74) is 0.590. The molecule has 0 bridgehead atoms. The Morgan fingerprint density at radius 1 is 1.17 bits per heavy atom. The molecule has 2 rings (SSSR count). The number of ether oxygens (including phenoxy) is 2. The normalized spacial score (nSPS) is 12.2. The van der Waals surface area contributed by atoms with Crippen molar-refractivity contribution in [3.63, 3.8) is 0 Å². The zero-order chi connectivity index (χ0) is 13.1. The first-order valence-corrected chi connectivity index (χ1v) is 6.56. The lowest BCUT2D eigenvalue weighted by Crippen LogP contribution is -2.04. The number of aliphatic hydroxyl groups is 1. The minimum Gasteiger partial charge on any atom is -0.496 e. The average molecular weight is 285 g/mol. The van der Waals surface area contributed by atoms with E-state index in [-0.39, 0.29) is 0 Å². The molecule has 0 saturated heterocycles. The molecule has 1 N–H and O–H groups in total. The molecule has 1 atom stereocenters. The van der Waals surface area contributed by atoms with E-state index >= 15 is 0 Å². The Labute approximate surface area is 115 Å². The third-order valence-corrected chi connectivity index (χ3v) is 4.04. The van der Waals surface area contributed by atoms with Gasteiger partial charge in [0.15, 0.2) is 0 Å². The number of halogens is 1. The van der Waals surface area contributed by atoms with Gasteiger partial charge in [-0.05, 0) is 23.6 Å². The topological polar surface area (TPSA) is 38.7 Å². The molecule has 1 heterocycles. The minimum absolute atomic E-state index is 0.542. The summed E-state index contributed by atoms with van der Waals surface area (Å²) in [6, 6.07) is 7.13. The Bertz CT molecular complexity index is 517. The standard InChI is InChI=1S/C13H13ClO3S/c1-16-9-4-3-5-10(17-2)11(9)12(15)13-8(14)6-7-18-13/h3-7,12,15H,1-2H3. The van der Waals surface area contributed by atoms with E-state index < -0.39 is 6.10 Å². The molecular formula is C13H13ClO3S. The van der Waals surface area contributed by atoms with Gasteiger partial charge in [0, 0.05) is 0 Å². The van der Waals surface area contributed by atoms with Crippen LogP contribution >= 0.6 is 22.9 Å². The lowest BCUT2D eigenvalue weighted by atomic mass is 10.1.